The average molecular weight is 864 g/mol. The number of aliphatic imine (C=N–C) groups is 1. The molecule has 0 fully saturated rings. The summed E-state index contributed by atoms with van der Waals surface area (Å²) in [5.41, 5.74) is 19.3. The number of carbonyl (C=O) groups excluding carboxylic acids is 7. The average Bonchev–Trinajstić information content (AvgIpc) is 3.68. The van der Waals surface area contributed by atoms with Crippen LogP contribution in [-0.2, 0) is 49.6 Å². The van der Waals surface area contributed by atoms with Crippen LogP contribution in [-0.4, -0.2) is 135 Å². The fourth-order valence-corrected chi connectivity index (χ4v) is 5.41. The molecule has 61 heavy (non-hydrogen) atoms. The molecule has 26 heteroatoms. The number of aromatic amines is 1. The number of guanidine groups is 1. The maximum absolute atomic E-state index is 13.9. The third-order valence-electron chi connectivity index (χ3n) is 8.49. The van der Waals surface area contributed by atoms with Gasteiger partial charge in [0.2, 0.25) is 41.4 Å². The van der Waals surface area contributed by atoms with Gasteiger partial charge in [0.1, 0.15) is 36.3 Å². The molecule has 1 heterocycles. The van der Waals surface area contributed by atoms with E-state index in [4.69, 9.17) is 17.0 Å². The van der Waals surface area contributed by atoms with Gasteiger partial charge in [0.25, 0.3) is 0 Å². The Balaban J connectivity index is 3.18. The van der Waals surface area contributed by atoms with Crippen LogP contribution in [0, 0.1) is 11.8 Å². The van der Waals surface area contributed by atoms with Crippen molar-refractivity contribution in [2.75, 3.05) is 19.6 Å². The van der Waals surface area contributed by atoms with E-state index in [9.17, 15) is 53.4 Å². The molecule has 0 aromatic carbocycles. The Morgan fingerprint density at radius 1 is 0.787 bits per heavy atom. The van der Waals surface area contributed by atoms with Crippen LogP contribution in [0.1, 0.15) is 72.4 Å². The number of carboxylic acids is 2. The van der Waals surface area contributed by atoms with E-state index in [1.165, 1.54) is 19.4 Å². The molecule has 1 aromatic heterocycles. The Hall–Kier alpha value is -6.98. The number of nitrogens with two attached hydrogens (primary N) is 2. The quantitative estimate of drug-likeness (QED) is 0.00999. The van der Waals surface area contributed by atoms with E-state index in [2.05, 4.69) is 62.2 Å². The van der Waals surface area contributed by atoms with E-state index in [0.717, 1.165) is 0 Å². The minimum absolute atomic E-state index is 0.0248. The normalized spacial score (nSPS) is 13.7. The Kier molecular flexibility index (Phi) is 23.0. The second-order valence-corrected chi connectivity index (χ2v) is 14.5. The van der Waals surface area contributed by atoms with Gasteiger partial charge >= 0.3 is 11.9 Å². The van der Waals surface area contributed by atoms with E-state index in [1.54, 1.807) is 27.7 Å². The first-order chi connectivity index (χ1) is 28.6. The Morgan fingerprint density at radius 2 is 1.41 bits per heavy atom. The number of carbonyl (C=O) groups is 9. The van der Waals surface area contributed by atoms with Crippen molar-refractivity contribution in [3.05, 3.63) is 28.7 Å². The number of carboxylic acid groups (broad SMARTS) is 2. The number of H-pyrrole nitrogens is 1. The molecule has 14 N–H and O–H groups in total. The molecule has 0 aliphatic carbocycles. The number of nitrogens with zero attached hydrogens (tertiary/aromatic N) is 5. The van der Waals surface area contributed by atoms with E-state index in [-0.39, 0.29) is 57.1 Å². The minimum Gasteiger partial charge on any atom is -0.481 e. The predicted molar refractivity (Wildman–Crippen MR) is 215 cm³/mol. The van der Waals surface area contributed by atoms with Crippen LogP contribution >= 0.6 is 0 Å². The van der Waals surface area contributed by atoms with Crippen molar-refractivity contribution in [2.24, 2.45) is 33.4 Å². The van der Waals surface area contributed by atoms with Crippen molar-refractivity contribution in [1.29, 1.82) is 0 Å². The fraction of sp³-hybridized carbons (Fsp3) is 0.629. The third kappa shape index (κ3) is 21.0. The molecule has 7 amide bonds. The molecule has 0 saturated heterocycles. The summed E-state index contributed by atoms with van der Waals surface area (Å²) in [7, 11) is 0. The molecule has 0 radical (unpaired) electrons. The number of aromatic nitrogens is 2. The number of aliphatic carboxylic acids is 2. The zero-order valence-corrected chi connectivity index (χ0v) is 34.6. The molecular weight excluding hydrogens is 806 g/mol. The second-order valence-electron chi connectivity index (χ2n) is 14.5. The summed E-state index contributed by atoms with van der Waals surface area (Å²) in [5, 5.41) is 39.2. The van der Waals surface area contributed by atoms with E-state index in [1.807, 2.05) is 0 Å². The lowest BCUT2D eigenvalue weighted by Gasteiger charge is -2.28. The molecule has 0 unspecified atom stereocenters. The lowest BCUT2D eigenvalue weighted by atomic mass is 10.00. The molecular formula is C35H57N15O11. The molecule has 0 spiro atoms. The van der Waals surface area contributed by atoms with Gasteiger partial charge in [-0.1, -0.05) is 32.8 Å². The zero-order chi connectivity index (χ0) is 46.2. The van der Waals surface area contributed by atoms with Gasteiger partial charge in [0, 0.05) is 42.7 Å². The molecule has 0 bridgehead atoms. The number of hydrogen-bond acceptors (Lipinski definition) is 12. The first kappa shape index (κ1) is 52.0. The summed E-state index contributed by atoms with van der Waals surface area (Å²) in [6.07, 6.45) is 1.57. The highest BCUT2D eigenvalue weighted by atomic mass is 16.4. The van der Waals surface area contributed by atoms with Crippen molar-refractivity contribution < 1.29 is 53.4 Å². The molecule has 0 saturated carbocycles. The maximum atomic E-state index is 13.9. The van der Waals surface area contributed by atoms with Crippen LogP contribution in [0.2, 0.25) is 0 Å². The van der Waals surface area contributed by atoms with Gasteiger partial charge in [-0.3, -0.25) is 43.3 Å². The summed E-state index contributed by atoms with van der Waals surface area (Å²) in [6.45, 7) is 7.22. The van der Waals surface area contributed by atoms with Gasteiger partial charge < -0.3 is 63.9 Å². The van der Waals surface area contributed by atoms with Crippen LogP contribution in [0.25, 0.3) is 10.4 Å². The third-order valence-corrected chi connectivity index (χ3v) is 8.49. The highest BCUT2D eigenvalue weighted by Crippen LogP contribution is 2.10. The van der Waals surface area contributed by atoms with Crippen molar-refractivity contribution in [3.63, 3.8) is 0 Å². The predicted octanol–water partition coefficient (Wildman–Crippen LogP) is -2.99. The number of hydrogen-bond donors (Lipinski definition) is 12. The van der Waals surface area contributed by atoms with Gasteiger partial charge in [0.15, 0.2) is 5.96 Å². The molecule has 1 rings (SSSR count). The first-order valence-electron chi connectivity index (χ1n) is 19.2. The Labute approximate surface area is 350 Å². The lowest BCUT2D eigenvalue weighted by Crippen LogP contribution is -2.60. The minimum atomic E-state index is -1.74. The van der Waals surface area contributed by atoms with E-state index in [0.29, 0.717) is 5.69 Å². The van der Waals surface area contributed by atoms with Crippen LogP contribution < -0.4 is 48.7 Å². The Bertz CT molecular complexity index is 1760. The summed E-state index contributed by atoms with van der Waals surface area (Å²) < 4.78 is 0. The summed E-state index contributed by atoms with van der Waals surface area (Å²) in [4.78, 5) is 128. The SMILES string of the molecule is CC(C)C[C@H](NC(=O)[C@H](CC(=O)O)NC(=O)CNC(=O)[C@H](C)NC(=O)CCN=[N+]=[N-])C(=O)N[C@@H](Cc1cnc[nH]1)C(=O)N[C@H](C(=O)N[C@@H](CCCN=C(N)N)C(=O)O)C(C)C. The largest absolute Gasteiger partial charge is 0.481 e. The number of imidazole rings is 1. The lowest BCUT2D eigenvalue weighted by molar-refractivity contribution is -0.143. The molecule has 6 atom stereocenters. The van der Waals surface area contributed by atoms with E-state index < -0.39 is 108 Å². The van der Waals surface area contributed by atoms with Gasteiger partial charge in [-0.05, 0) is 43.6 Å². The topological polar surface area (TPSA) is 420 Å². The summed E-state index contributed by atoms with van der Waals surface area (Å²) >= 11 is 0. The number of azide groups is 1. The van der Waals surface area contributed by atoms with Gasteiger partial charge in [-0.25, -0.2) is 9.78 Å². The molecule has 0 aliphatic heterocycles. The van der Waals surface area contributed by atoms with Crippen molar-refractivity contribution >= 4 is 59.2 Å². The van der Waals surface area contributed by atoms with Crippen LogP contribution in [0.15, 0.2) is 22.6 Å². The van der Waals surface area contributed by atoms with Crippen LogP contribution in [0.3, 0.4) is 0 Å². The number of amides is 7. The molecule has 338 valence electrons. The highest BCUT2D eigenvalue weighted by molar-refractivity contribution is 5.97. The first-order valence-corrected chi connectivity index (χ1v) is 19.2. The van der Waals surface area contributed by atoms with Gasteiger partial charge in [-0.15, -0.1) is 0 Å². The molecule has 26 nitrogen and oxygen atoms in total. The van der Waals surface area contributed by atoms with Crippen LogP contribution in [0.4, 0.5) is 0 Å². The standard InChI is InChI=1S/C35H57N15O11/c1-17(2)11-22(47-31(57)24(13-27(53)54)45-26(52)15-41-29(55)19(5)44-25(51)8-10-43-50-38)30(56)48-23(12-20-14-39-16-42-20)32(58)49-28(18(3)4)33(59)46-21(34(60)61)7-6-9-40-35(36)37/h14,16-19,21-24,28H,6-13,15H2,1-5H3,(H,39,42)(H,41,55)(H,44,51)(H,45,52)(H,46,59)(H,47,57)(H,48,56)(H,49,58)(H,53,54)(H,60,61)(H4,36,37,40)/t19-,21-,22-,23-,24-,28-/m0/s1. The van der Waals surface area contributed by atoms with Gasteiger partial charge in [0.05, 0.1) is 19.3 Å². The second kappa shape index (κ2) is 26.9. The summed E-state index contributed by atoms with van der Waals surface area (Å²) in [6, 6.07) is -8.27. The maximum Gasteiger partial charge on any atom is 0.326 e. The summed E-state index contributed by atoms with van der Waals surface area (Å²) in [5.74, 6) is -9.86. The van der Waals surface area contributed by atoms with Crippen molar-refractivity contribution in [1.82, 2.24) is 47.2 Å². The monoisotopic (exact) mass is 863 g/mol. The number of nitrogens with one attached hydrogen (secondary N) is 8. The van der Waals surface area contributed by atoms with Crippen molar-refractivity contribution in [2.45, 2.75) is 109 Å². The molecule has 1 aromatic rings. The zero-order valence-electron chi connectivity index (χ0n) is 34.6. The van der Waals surface area contributed by atoms with E-state index >= 15 is 0 Å². The smallest absolute Gasteiger partial charge is 0.326 e. The number of rotatable bonds is 28. The van der Waals surface area contributed by atoms with Gasteiger partial charge in [-0.2, -0.15) is 0 Å². The van der Waals surface area contributed by atoms with Crippen LogP contribution in [0.5, 0.6) is 0 Å². The van der Waals surface area contributed by atoms with Crippen molar-refractivity contribution in [3.8, 4) is 0 Å². The molecule has 0 aliphatic rings. The Morgan fingerprint density at radius 3 is 1.97 bits per heavy atom. The fourth-order valence-electron chi connectivity index (χ4n) is 5.41. The highest BCUT2D eigenvalue weighted by Gasteiger charge is 2.34.